The summed E-state index contributed by atoms with van der Waals surface area (Å²) in [5.74, 6) is 0. The summed E-state index contributed by atoms with van der Waals surface area (Å²) in [5.41, 5.74) is -0.107. The largest absolute Gasteiger partial charge is 0.443 e. The van der Waals surface area contributed by atoms with Crippen molar-refractivity contribution in [2.24, 2.45) is 0 Å². The van der Waals surface area contributed by atoms with Crippen LogP contribution in [0.25, 0.3) is 11.0 Å². The molecule has 0 fully saturated rings. The molecule has 2 aromatic rings. The predicted molar refractivity (Wildman–Crippen MR) is 64.2 cm³/mol. The van der Waals surface area contributed by atoms with Crippen LogP contribution in [0.5, 0.6) is 0 Å². The highest BCUT2D eigenvalue weighted by atomic mass is 35.5. The molecule has 90 valence electrons. The van der Waals surface area contributed by atoms with Crippen LogP contribution in [0, 0.1) is 0 Å². The number of aromatic nitrogens is 3. The number of hydrogen-bond acceptors (Lipinski definition) is 4. The zero-order valence-corrected chi connectivity index (χ0v) is 10.5. The molecule has 0 spiro atoms. The Hall–Kier alpha value is -1.62. The van der Waals surface area contributed by atoms with Crippen molar-refractivity contribution in [1.82, 2.24) is 14.5 Å². The van der Waals surface area contributed by atoms with E-state index in [4.69, 9.17) is 16.3 Å². The summed E-state index contributed by atoms with van der Waals surface area (Å²) in [4.78, 5) is 19.7. The Morgan fingerprint density at radius 1 is 1.41 bits per heavy atom. The van der Waals surface area contributed by atoms with Crippen LogP contribution < -0.4 is 0 Å². The van der Waals surface area contributed by atoms with E-state index >= 15 is 0 Å². The lowest BCUT2D eigenvalue weighted by Crippen LogP contribution is -2.26. The first-order valence-electron chi connectivity index (χ1n) is 5.09. The first kappa shape index (κ1) is 11.9. The van der Waals surface area contributed by atoms with Gasteiger partial charge in [-0.2, -0.15) is 0 Å². The molecule has 0 saturated heterocycles. The molecule has 2 heterocycles. The number of carbonyl (C=O) groups is 1. The van der Waals surface area contributed by atoms with Gasteiger partial charge in [-0.1, -0.05) is 11.6 Å². The minimum atomic E-state index is -0.551. The van der Waals surface area contributed by atoms with Gasteiger partial charge in [0.05, 0.1) is 5.39 Å². The molecule has 0 aromatic carbocycles. The molecule has 0 radical (unpaired) electrons. The second-order valence-corrected chi connectivity index (χ2v) is 4.93. The topological polar surface area (TPSA) is 57.0 Å². The highest BCUT2D eigenvalue weighted by molar-refractivity contribution is 6.34. The van der Waals surface area contributed by atoms with Crippen LogP contribution in [0.3, 0.4) is 0 Å². The van der Waals surface area contributed by atoms with E-state index < -0.39 is 11.7 Å². The Balaban J connectivity index is 2.43. The van der Waals surface area contributed by atoms with E-state index in [0.29, 0.717) is 16.2 Å². The molecule has 0 amide bonds. The third-order valence-corrected chi connectivity index (χ3v) is 2.32. The van der Waals surface area contributed by atoms with Gasteiger partial charge in [0.2, 0.25) is 0 Å². The number of nitrogens with zero attached hydrogens (tertiary/aromatic N) is 3. The molecular formula is C11H12ClN3O2. The summed E-state index contributed by atoms with van der Waals surface area (Å²) in [6.07, 6.45) is 2.40. The summed E-state index contributed by atoms with van der Waals surface area (Å²) < 4.78 is 6.56. The molecule has 0 aliphatic rings. The summed E-state index contributed by atoms with van der Waals surface area (Å²) in [7, 11) is 0. The van der Waals surface area contributed by atoms with Gasteiger partial charge in [0.25, 0.3) is 0 Å². The van der Waals surface area contributed by atoms with E-state index in [9.17, 15) is 4.79 Å². The smallest absolute Gasteiger partial charge is 0.420 e. The maximum absolute atomic E-state index is 11.9. The minimum Gasteiger partial charge on any atom is -0.443 e. The van der Waals surface area contributed by atoms with Crippen molar-refractivity contribution < 1.29 is 9.53 Å². The van der Waals surface area contributed by atoms with Gasteiger partial charge >= 0.3 is 6.09 Å². The van der Waals surface area contributed by atoms with Gasteiger partial charge in [-0.3, -0.25) is 0 Å². The van der Waals surface area contributed by atoms with Gasteiger partial charge in [-0.05, 0) is 26.8 Å². The van der Waals surface area contributed by atoms with Crippen molar-refractivity contribution in [3.05, 3.63) is 23.7 Å². The summed E-state index contributed by atoms with van der Waals surface area (Å²) in [6.45, 7) is 5.41. The van der Waals surface area contributed by atoms with E-state index in [1.54, 1.807) is 33.0 Å². The number of fused-ring (bicyclic) bond motifs is 1. The highest BCUT2D eigenvalue weighted by Gasteiger charge is 2.20. The second-order valence-electron chi connectivity index (χ2n) is 4.57. The maximum atomic E-state index is 11.9. The first-order valence-corrected chi connectivity index (χ1v) is 5.47. The van der Waals surface area contributed by atoms with Crippen LogP contribution in [0.1, 0.15) is 20.8 Å². The standard InChI is InChI=1S/C11H12ClN3O2/c1-11(2,3)17-10(16)15-5-4-7-8(12)13-6-14-9(7)15/h4-6H,1-3H3. The van der Waals surface area contributed by atoms with Crippen molar-refractivity contribution in [2.75, 3.05) is 0 Å². The van der Waals surface area contributed by atoms with Gasteiger partial charge < -0.3 is 4.74 Å². The third-order valence-electron chi connectivity index (χ3n) is 2.02. The fraction of sp³-hybridized carbons (Fsp3) is 0.364. The second kappa shape index (κ2) is 4.00. The van der Waals surface area contributed by atoms with Crippen LogP contribution in [0.2, 0.25) is 5.15 Å². The Morgan fingerprint density at radius 3 is 2.76 bits per heavy atom. The molecule has 0 bridgehead atoms. The average molecular weight is 254 g/mol. The SMILES string of the molecule is CC(C)(C)OC(=O)n1ccc2c(Cl)ncnc21. The van der Waals surface area contributed by atoms with E-state index in [2.05, 4.69) is 9.97 Å². The zero-order chi connectivity index (χ0) is 12.6. The van der Waals surface area contributed by atoms with E-state index in [-0.39, 0.29) is 0 Å². The zero-order valence-electron chi connectivity index (χ0n) is 9.77. The number of ether oxygens (including phenoxy) is 1. The molecule has 0 N–H and O–H groups in total. The van der Waals surface area contributed by atoms with Gasteiger partial charge in [0.15, 0.2) is 5.65 Å². The summed E-state index contributed by atoms with van der Waals surface area (Å²) >= 11 is 5.89. The number of hydrogen-bond donors (Lipinski definition) is 0. The molecule has 6 heteroatoms. The Morgan fingerprint density at radius 2 is 2.12 bits per heavy atom. The lowest BCUT2D eigenvalue weighted by molar-refractivity contribution is 0.0543. The molecule has 0 unspecified atom stereocenters. The number of rotatable bonds is 0. The fourth-order valence-electron chi connectivity index (χ4n) is 1.38. The number of carbonyl (C=O) groups excluding carboxylic acids is 1. The quantitative estimate of drug-likeness (QED) is 0.678. The monoisotopic (exact) mass is 253 g/mol. The molecule has 0 saturated carbocycles. The summed E-state index contributed by atoms with van der Waals surface area (Å²) in [6, 6.07) is 1.68. The molecule has 0 aliphatic heterocycles. The van der Waals surface area contributed by atoms with Gasteiger partial charge in [0, 0.05) is 6.20 Å². The molecule has 2 rings (SSSR count). The Kier molecular flexibility index (Phi) is 2.79. The van der Waals surface area contributed by atoms with Crippen molar-refractivity contribution in [1.29, 1.82) is 0 Å². The van der Waals surface area contributed by atoms with E-state index in [1.807, 2.05) is 0 Å². The highest BCUT2D eigenvalue weighted by Crippen LogP contribution is 2.21. The summed E-state index contributed by atoms with van der Waals surface area (Å²) in [5, 5.41) is 0.942. The average Bonchev–Trinajstić information content (AvgIpc) is 2.60. The van der Waals surface area contributed by atoms with Crippen molar-refractivity contribution in [2.45, 2.75) is 26.4 Å². The van der Waals surface area contributed by atoms with Crippen LogP contribution in [-0.2, 0) is 4.74 Å². The Labute approximate surface area is 103 Å². The molecule has 0 aliphatic carbocycles. The molecule has 2 aromatic heterocycles. The van der Waals surface area contributed by atoms with E-state index in [1.165, 1.54) is 10.9 Å². The predicted octanol–water partition coefficient (Wildman–Crippen LogP) is 2.87. The molecule has 17 heavy (non-hydrogen) atoms. The van der Waals surface area contributed by atoms with Crippen molar-refractivity contribution in [3.63, 3.8) is 0 Å². The van der Waals surface area contributed by atoms with Gasteiger partial charge in [-0.25, -0.2) is 19.3 Å². The first-order chi connectivity index (χ1) is 7.88. The molecule has 5 nitrogen and oxygen atoms in total. The van der Waals surface area contributed by atoms with E-state index in [0.717, 1.165) is 0 Å². The van der Waals surface area contributed by atoms with Crippen molar-refractivity contribution >= 4 is 28.7 Å². The molecular weight excluding hydrogens is 242 g/mol. The van der Waals surface area contributed by atoms with Crippen LogP contribution in [0.4, 0.5) is 4.79 Å². The molecule has 0 atom stereocenters. The minimum absolute atomic E-state index is 0.317. The van der Waals surface area contributed by atoms with Crippen LogP contribution in [0.15, 0.2) is 18.6 Å². The van der Waals surface area contributed by atoms with Gasteiger partial charge in [-0.15, -0.1) is 0 Å². The van der Waals surface area contributed by atoms with Crippen LogP contribution in [-0.4, -0.2) is 26.2 Å². The fourth-order valence-corrected chi connectivity index (χ4v) is 1.57. The lowest BCUT2D eigenvalue weighted by atomic mass is 10.2. The number of halogens is 1. The van der Waals surface area contributed by atoms with Crippen LogP contribution >= 0.6 is 11.6 Å². The lowest BCUT2D eigenvalue weighted by Gasteiger charge is -2.19. The normalized spacial score (nSPS) is 11.8. The third kappa shape index (κ3) is 2.39. The van der Waals surface area contributed by atoms with Crippen molar-refractivity contribution in [3.8, 4) is 0 Å². The Bertz CT molecular complexity index is 572. The van der Waals surface area contributed by atoms with Gasteiger partial charge in [0.1, 0.15) is 17.1 Å². The maximum Gasteiger partial charge on any atom is 0.420 e.